The van der Waals surface area contributed by atoms with Crippen LogP contribution in [0.3, 0.4) is 0 Å². The van der Waals surface area contributed by atoms with E-state index < -0.39 is 16.3 Å². The van der Waals surface area contributed by atoms with E-state index in [1.807, 2.05) is 19.9 Å². The largest absolute Gasteiger partial charge is 0.379 e. The molecule has 174 valence electrons. The van der Waals surface area contributed by atoms with Crippen LogP contribution in [0.1, 0.15) is 25.2 Å². The normalized spacial score (nSPS) is 20.4. The number of ether oxygens (including phenoxy) is 1. The second kappa shape index (κ2) is 9.40. The van der Waals surface area contributed by atoms with Crippen molar-refractivity contribution in [2.45, 2.75) is 32.5 Å². The van der Waals surface area contributed by atoms with Crippen molar-refractivity contribution in [3.05, 3.63) is 29.6 Å². The van der Waals surface area contributed by atoms with Gasteiger partial charge in [0, 0.05) is 25.7 Å². The molecule has 12 nitrogen and oxygen atoms in total. The third-order valence-electron chi connectivity index (χ3n) is 5.05. The summed E-state index contributed by atoms with van der Waals surface area (Å²) in [7, 11) is -3.97. The minimum atomic E-state index is -3.97. The lowest BCUT2D eigenvalue weighted by molar-refractivity contribution is 0.0342. The zero-order valence-electron chi connectivity index (χ0n) is 18.1. The summed E-state index contributed by atoms with van der Waals surface area (Å²) in [6, 6.07) is 5.66. The van der Waals surface area contributed by atoms with Gasteiger partial charge in [-0.2, -0.15) is 13.5 Å². The van der Waals surface area contributed by atoms with Gasteiger partial charge in [0.15, 0.2) is 5.82 Å². The molecule has 2 aliphatic heterocycles. The summed E-state index contributed by atoms with van der Waals surface area (Å²) in [6.07, 6.45) is 0. The van der Waals surface area contributed by atoms with Crippen molar-refractivity contribution < 1.29 is 13.2 Å². The van der Waals surface area contributed by atoms with Crippen LogP contribution in [0.5, 0.6) is 0 Å². The van der Waals surface area contributed by atoms with Crippen molar-refractivity contribution in [1.82, 2.24) is 30.3 Å². The summed E-state index contributed by atoms with van der Waals surface area (Å²) >= 11 is 0. The zero-order chi connectivity index (χ0) is 22.7. The van der Waals surface area contributed by atoms with E-state index in [1.165, 1.54) is 5.56 Å². The van der Waals surface area contributed by atoms with Gasteiger partial charge in [-0.05, 0) is 31.5 Å². The number of nitrogens with two attached hydrogens (primary N) is 1. The minimum absolute atomic E-state index is 0.0474. The molecule has 0 aliphatic carbocycles. The van der Waals surface area contributed by atoms with E-state index in [1.54, 1.807) is 0 Å². The average Bonchev–Trinajstić information content (AvgIpc) is 3.33. The average molecular weight is 464 g/mol. The van der Waals surface area contributed by atoms with Crippen molar-refractivity contribution in [1.29, 1.82) is 0 Å². The number of imidazole rings is 1. The summed E-state index contributed by atoms with van der Waals surface area (Å²) < 4.78 is 30.7. The van der Waals surface area contributed by atoms with E-state index in [9.17, 15) is 8.42 Å². The Morgan fingerprint density at radius 1 is 1.38 bits per heavy atom. The molecule has 1 aromatic heterocycles. The summed E-state index contributed by atoms with van der Waals surface area (Å²) in [4.78, 5) is 14.8. The van der Waals surface area contributed by atoms with Crippen molar-refractivity contribution in [3.63, 3.8) is 0 Å². The van der Waals surface area contributed by atoms with Gasteiger partial charge < -0.3 is 20.5 Å². The number of hydrogen-bond acceptors (Lipinski definition) is 8. The number of hydrazone groups is 1. The third-order valence-corrected chi connectivity index (χ3v) is 5.53. The minimum Gasteiger partial charge on any atom is -0.379 e. The van der Waals surface area contributed by atoms with Gasteiger partial charge in [0.05, 0.1) is 30.8 Å². The van der Waals surface area contributed by atoms with Crippen molar-refractivity contribution in [3.8, 4) is 0 Å². The smallest absolute Gasteiger partial charge is 0.298 e. The Morgan fingerprint density at radius 3 is 2.88 bits per heavy atom. The molecule has 1 atom stereocenters. The molecule has 3 heterocycles. The third kappa shape index (κ3) is 5.73. The van der Waals surface area contributed by atoms with E-state index in [0.717, 1.165) is 43.9 Å². The molecule has 1 fully saturated rings. The number of aliphatic imine (C=N–C) groups is 1. The first kappa shape index (κ1) is 22.5. The van der Waals surface area contributed by atoms with Crippen LogP contribution in [-0.2, 0) is 21.5 Å². The van der Waals surface area contributed by atoms with E-state index >= 15 is 0 Å². The predicted octanol–water partition coefficient (Wildman–Crippen LogP) is -0.782. The highest BCUT2D eigenvalue weighted by Crippen LogP contribution is 2.18. The number of aromatic nitrogens is 2. The maximum Gasteiger partial charge on any atom is 0.298 e. The predicted molar refractivity (Wildman–Crippen MR) is 122 cm³/mol. The van der Waals surface area contributed by atoms with Crippen LogP contribution in [0.15, 0.2) is 28.3 Å². The van der Waals surface area contributed by atoms with Gasteiger partial charge in [-0.1, -0.05) is 6.07 Å². The van der Waals surface area contributed by atoms with E-state index in [0.29, 0.717) is 18.1 Å². The number of benzene rings is 1. The summed E-state index contributed by atoms with van der Waals surface area (Å²) in [5.41, 5.74) is 6.44. The molecule has 0 amide bonds. The van der Waals surface area contributed by atoms with E-state index in [2.05, 4.69) is 52.6 Å². The van der Waals surface area contributed by atoms with Gasteiger partial charge in [-0.15, -0.1) is 0 Å². The van der Waals surface area contributed by atoms with E-state index in [4.69, 9.17) is 9.88 Å². The first-order valence-corrected chi connectivity index (χ1v) is 12.1. The maximum atomic E-state index is 11.5. The number of guanidine groups is 1. The molecular formula is C19H29N9O3S. The molecule has 1 unspecified atom stereocenters. The Kier molecular flexibility index (Phi) is 6.60. The molecule has 0 saturated carbocycles. The van der Waals surface area contributed by atoms with Gasteiger partial charge in [0.2, 0.25) is 5.96 Å². The molecule has 1 aromatic carbocycles. The van der Waals surface area contributed by atoms with Crippen molar-refractivity contribution in [2.24, 2.45) is 15.2 Å². The SMILES string of the molecule is CC(C)NC(=NC1CNN=C1c1nc2ccc(CN3CCOCC3)cc2[nH]1)NS(N)(=O)=O. The summed E-state index contributed by atoms with van der Waals surface area (Å²) in [6.45, 7) is 8.38. The lowest BCUT2D eigenvalue weighted by atomic mass is 10.2. The van der Waals surface area contributed by atoms with Crippen molar-refractivity contribution >= 4 is 32.9 Å². The van der Waals surface area contributed by atoms with Gasteiger partial charge in [0.1, 0.15) is 11.8 Å². The quantitative estimate of drug-likeness (QED) is 0.277. The number of nitrogens with one attached hydrogen (secondary N) is 4. The van der Waals surface area contributed by atoms with Gasteiger partial charge in [0.25, 0.3) is 10.2 Å². The first-order valence-electron chi connectivity index (χ1n) is 10.5. The number of aromatic amines is 1. The lowest BCUT2D eigenvalue weighted by Gasteiger charge is -2.26. The summed E-state index contributed by atoms with van der Waals surface area (Å²) in [5, 5.41) is 12.4. The molecule has 4 rings (SSSR count). The molecule has 6 N–H and O–H groups in total. The Balaban J connectivity index is 1.55. The van der Waals surface area contributed by atoms with Crippen LogP contribution in [0.4, 0.5) is 0 Å². The van der Waals surface area contributed by atoms with Crippen LogP contribution in [0, 0.1) is 0 Å². The van der Waals surface area contributed by atoms with Crippen LogP contribution >= 0.6 is 0 Å². The Hall–Kier alpha value is -2.74. The second-order valence-electron chi connectivity index (χ2n) is 8.12. The van der Waals surface area contributed by atoms with Gasteiger partial charge in [-0.25, -0.2) is 19.8 Å². The topological polar surface area (TPSA) is 162 Å². The molecule has 2 aromatic rings. The number of morpholine rings is 1. The monoisotopic (exact) mass is 463 g/mol. The lowest BCUT2D eigenvalue weighted by Crippen LogP contribution is -2.47. The number of rotatable bonds is 6. The zero-order valence-corrected chi connectivity index (χ0v) is 18.9. The van der Waals surface area contributed by atoms with Crippen LogP contribution in [0.2, 0.25) is 0 Å². The second-order valence-corrected chi connectivity index (χ2v) is 9.42. The number of nitrogens with zero attached hydrogens (tertiary/aromatic N) is 4. The fraction of sp³-hybridized carbons (Fsp3) is 0.526. The molecule has 32 heavy (non-hydrogen) atoms. The standard InChI is InChI=1S/C19H29N9O3S/c1-12(2)22-19(27-32(20,29)30)25-16-10-21-26-17(16)18-23-14-4-3-13(9-15(14)24-18)11-28-5-7-31-8-6-28/h3-4,9,12,16,21H,5-8,10-11H2,1-2H3,(H,23,24)(H2,20,29,30)(H2,22,25,27). The molecule has 0 spiro atoms. The maximum absolute atomic E-state index is 11.5. The highest BCUT2D eigenvalue weighted by Gasteiger charge is 2.26. The summed E-state index contributed by atoms with van der Waals surface area (Å²) in [5.74, 6) is 0.648. The Bertz CT molecular complexity index is 1120. The molecular weight excluding hydrogens is 434 g/mol. The molecule has 0 bridgehead atoms. The number of hydrogen-bond donors (Lipinski definition) is 5. The highest BCUT2D eigenvalue weighted by molar-refractivity contribution is 7.87. The molecule has 0 radical (unpaired) electrons. The number of H-pyrrole nitrogens is 1. The Labute approximate surface area is 186 Å². The van der Waals surface area contributed by atoms with Gasteiger partial charge >= 0.3 is 0 Å². The molecule has 1 saturated heterocycles. The molecule has 2 aliphatic rings. The van der Waals surface area contributed by atoms with Crippen LogP contribution < -0.4 is 20.6 Å². The van der Waals surface area contributed by atoms with E-state index in [-0.39, 0.29) is 12.0 Å². The fourth-order valence-electron chi connectivity index (χ4n) is 3.66. The fourth-order valence-corrected chi connectivity index (χ4v) is 4.04. The highest BCUT2D eigenvalue weighted by atomic mass is 32.2. The van der Waals surface area contributed by atoms with Crippen molar-refractivity contribution in [2.75, 3.05) is 32.8 Å². The van der Waals surface area contributed by atoms with Crippen LogP contribution in [-0.4, -0.2) is 79.9 Å². The number of fused-ring (bicyclic) bond motifs is 1. The molecule has 13 heteroatoms. The Morgan fingerprint density at radius 2 is 2.16 bits per heavy atom. The first-order chi connectivity index (χ1) is 15.3. The van der Waals surface area contributed by atoms with Crippen LogP contribution in [0.25, 0.3) is 11.0 Å². The van der Waals surface area contributed by atoms with Gasteiger partial charge in [-0.3, -0.25) is 4.90 Å².